The lowest BCUT2D eigenvalue weighted by atomic mass is 9.92. The van der Waals surface area contributed by atoms with Gasteiger partial charge in [-0.05, 0) is 36.8 Å². The van der Waals surface area contributed by atoms with E-state index in [4.69, 9.17) is 0 Å². The van der Waals surface area contributed by atoms with Crippen LogP contribution in [-0.2, 0) is 17.8 Å². The molecule has 2 atom stereocenters. The van der Waals surface area contributed by atoms with Crippen molar-refractivity contribution in [2.45, 2.75) is 40.2 Å². The summed E-state index contributed by atoms with van der Waals surface area (Å²) in [6, 6.07) is 4.02. The summed E-state index contributed by atoms with van der Waals surface area (Å²) in [5.41, 5.74) is 3.66. The number of carboxylic acid groups (broad SMARTS) is 1. The molecule has 3 rings (SSSR count). The van der Waals surface area contributed by atoms with Crippen LogP contribution in [0.25, 0.3) is 5.65 Å². The van der Waals surface area contributed by atoms with E-state index in [9.17, 15) is 9.90 Å². The van der Waals surface area contributed by atoms with Gasteiger partial charge in [-0.25, -0.2) is 4.98 Å². The number of imidazole rings is 1. The topological polar surface area (TPSA) is 57.8 Å². The third-order valence-electron chi connectivity index (χ3n) is 4.66. The summed E-state index contributed by atoms with van der Waals surface area (Å²) in [7, 11) is 0. The largest absolute Gasteiger partial charge is 0.481 e. The van der Waals surface area contributed by atoms with Crippen LogP contribution in [0.15, 0.2) is 18.3 Å². The molecule has 0 amide bonds. The number of pyridine rings is 1. The summed E-state index contributed by atoms with van der Waals surface area (Å²) < 4.78 is 2.07. The summed E-state index contributed by atoms with van der Waals surface area (Å²) >= 11 is 0. The number of aliphatic carboxylic acids is 1. The van der Waals surface area contributed by atoms with Crippen molar-refractivity contribution in [1.29, 1.82) is 0 Å². The summed E-state index contributed by atoms with van der Waals surface area (Å²) in [5, 5.41) is 9.21. The molecule has 0 spiro atoms. The highest BCUT2D eigenvalue weighted by Gasteiger charge is 2.24. The Hall–Kier alpha value is -1.88. The molecule has 1 aliphatic rings. The van der Waals surface area contributed by atoms with Crippen LogP contribution in [-0.4, -0.2) is 38.4 Å². The molecule has 0 radical (unpaired) electrons. The van der Waals surface area contributed by atoms with Crippen LogP contribution in [0, 0.1) is 18.8 Å². The summed E-state index contributed by atoms with van der Waals surface area (Å²) in [4.78, 5) is 18.3. The van der Waals surface area contributed by atoms with E-state index in [0.717, 1.165) is 36.5 Å². The molecule has 3 heterocycles. The number of nitrogens with zero attached hydrogens (tertiary/aromatic N) is 3. The van der Waals surface area contributed by atoms with Crippen LogP contribution < -0.4 is 0 Å². The highest BCUT2D eigenvalue weighted by Crippen LogP contribution is 2.24. The Kier molecular flexibility index (Phi) is 4.39. The Bertz CT molecular complexity index is 712. The third kappa shape index (κ3) is 3.39. The molecule has 2 aromatic rings. The maximum Gasteiger partial charge on any atom is 0.309 e. The fraction of sp³-hybridized carbons (Fsp3) is 0.556. The summed E-state index contributed by atoms with van der Waals surface area (Å²) in [6.45, 7) is 9.49. The van der Waals surface area contributed by atoms with Gasteiger partial charge in [-0.1, -0.05) is 19.9 Å². The van der Waals surface area contributed by atoms with E-state index in [1.807, 2.05) is 25.3 Å². The molecular weight excluding hydrogens is 290 g/mol. The Morgan fingerprint density at radius 2 is 2.04 bits per heavy atom. The van der Waals surface area contributed by atoms with Crippen molar-refractivity contribution in [2.24, 2.45) is 11.8 Å². The van der Waals surface area contributed by atoms with Crippen molar-refractivity contribution in [3.05, 3.63) is 35.3 Å². The minimum atomic E-state index is -0.826. The van der Waals surface area contributed by atoms with E-state index >= 15 is 0 Å². The predicted molar refractivity (Wildman–Crippen MR) is 89.5 cm³/mol. The fourth-order valence-corrected chi connectivity index (χ4v) is 3.89. The Morgan fingerprint density at radius 3 is 2.70 bits per heavy atom. The molecule has 0 saturated carbocycles. The molecule has 0 aromatic carbocycles. The number of hydrogen-bond donors (Lipinski definition) is 1. The number of fused-ring (bicyclic) bond motifs is 1. The number of aromatic nitrogens is 2. The van der Waals surface area contributed by atoms with Gasteiger partial charge in [0.1, 0.15) is 5.65 Å². The van der Waals surface area contributed by atoms with Crippen molar-refractivity contribution < 1.29 is 9.90 Å². The Morgan fingerprint density at radius 1 is 1.35 bits per heavy atom. The molecule has 0 bridgehead atoms. The van der Waals surface area contributed by atoms with Gasteiger partial charge in [-0.3, -0.25) is 9.69 Å². The lowest BCUT2D eigenvalue weighted by Gasteiger charge is -2.34. The van der Waals surface area contributed by atoms with Gasteiger partial charge in [0.2, 0.25) is 0 Å². The van der Waals surface area contributed by atoms with Crippen LogP contribution in [0.4, 0.5) is 0 Å². The van der Waals surface area contributed by atoms with Crippen molar-refractivity contribution in [2.75, 3.05) is 13.1 Å². The number of hydrogen-bond acceptors (Lipinski definition) is 3. The van der Waals surface area contributed by atoms with Crippen LogP contribution >= 0.6 is 0 Å². The molecule has 1 fully saturated rings. The van der Waals surface area contributed by atoms with Gasteiger partial charge in [0.15, 0.2) is 0 Å². The van der Waals surface area contributed by atoms with Gasteiger partial charge >= 0.3 is 5.97 Å². The normalized spacial score (nSPS) is 22.6. The molecule has 0 aliphatic carbocycles. The average molecular weight is 315 g/mol. The molecule has 2 unspecified atom stereocenters. The minimum Gasteiger partial charge on any atom is -0.481 e. The van der Waals surface area contributed by atoms with E-state index in [1.54, 1.807) is 0 Å². The summed E-state index contributed by atoms with van der Waals surface area (Å²) in [6.07, 6.45) is 3.24. The van der Waals surface area contributed by atoms with E-state index in [0.29, 0.717) is 17.5 Å². The van der Waals surface area contributed by atoms with Gasteiger partial charge in [0.25, 0.3) is 0 Å². The van der Waals surface area contributed by atoms with E-state index in [1.165, 1.54) is 6.42 Å². The quantitative estimate of drug-likeness (QED) is 0.942. The maximum atomic E-state index is 11.2. The van der Waals surface area contributed by atoms with Gasteiger partial charge in [0.05, 0.1) is 17.8 Å². The first-order chi connectivity index (χ1) is 10.9. The molecule has 124 valence electrons. The number of rotatable bonds is 4. The van der Waals surface area contributed by atoms with Gasteiger partial charge in [-0.2, -0.15) is 0 Å². The minimum absolute atomic E-state index is 0.0185. The second-order valence-corrected chi connectivity index (χ2v) is 7.10. The maximum absolute atomic E-state index is 11.2. The standard InChI is InChI=1S/C18H25N3O2/c1-12-7-13(2)10-20(9-12)11-16-15(8-17(22)23)19-18-14(3)5-4-6-21(16)18/h4-6,12-13H,7-11H2,1-3H3,(H,22,23). The highest BCUT2D eigenvalue weighted by atomic mass is 16.4. The molecule has 5 heteroatoms. The van der Waals surface area contributed by atoms with E-state index in [2.05, 4.69) is 28.1 Å². The first kappa shape index (κ1) is 16.0. The molecule has 1 aliphatic heterocycles. The fourth-order valence-electron chi connectivity index (χ4n) is 3.89. The monoisotopic (exact) mass is 315 g/mol. The lowest BCUT2D eigenvalue weighted by molar-refractivity contribution is -0.136. The number of carboxylic acids is 1. The molecule has 5 nitrogen and oxygen atoms in total. The number of aryl methyl sites for hydroxylation is 1. The number of likely N-dealkylation sites (tertiary alicyclic amines) is 1. The molecule has 2 aromatic heterocycles. The zero-order valence-electron chi connectivity index (χ0n) is 14.1. The lowest BCUT2D eigenvalue weighted by Crippen LogP contribution is -2.38. The first-order valence-electron chi connectivity index (χ1n) is 8.33. The molecular formula is C18H25N3O2. The average Bonchev–Trinajstić information content (AvgIpc) is 2.77. The van der Waals surface area contributed by atoms with Crippen LogP contribution in [0.2, 0.25) is 0 Å². The zero-order valence-corrected chi connectivity index (χ0v) is 14.1. The Balaban J connectivity index is 1.97. The van der Waals surface area contributed by atoms with Crippen LogP contribution in [0.1, 0.15) is 37.2 Å². The molecule has 23 heavy (non-hydrogen) atoms. The SMILES string of the molecule is Cc1cccn2c(CN3CC(C)CC(C)C3)c(CC(=O)O)nc12. The second kappa shape index (κ2) is 6.32. The third-order valence-corrected chi connectivity index (χ3v) is 4.66. The number of piperidine rings is 1. The highest BCUT2D eigenvalue weighted by molar-refractivity contribution is 5.70. The van der Waals surface area contributed by atoms with Crippen LogP contribution in [0.3, 0.4) is 0 Å². The van der Waals surface area contributed by atoms with Gasteiger partial charge in [0, 0.05) is 25.8 Å². The summed E-state index contributed by atoms with van der Waals surface area (Å²) in [5.74, 6) is 0.540. The van der Waals surface area contributed by atoms with E-state index in [-0.39, 0.29) is 6.42 Å². The van der Waals surface area contributed by atoms with Crippen LogP contribution in [0.5, 0.6) is 0 Å². The van der Waals surface area contributed by atoms with Crippen molar-refractivity contribution in [3.63, 3.8) is 0 Å². The van der Waals surface area contributed by atoms with Crippen molar-refractivity contribution >= 4 is 11.6 Å². The molecule has 1 N–H and O–H groups in total. The van der Waals surface area contributed by atoms with Gasteiger partial charge in [-0.15, -0.1) is 0 Å². The first-order valence-corrected chi connectivity index (χ1v) is 8.33. The van der Waals surface area contributed by atoms with E-state index < -0.39 is 5.97 Å². The zero-order chi connectivity index (χ0) is 16.6. The predicted octanol–water partition coefficient (Wildman–Crippen LogP) is 2.75. The van der Waals surface area contributed by atoms with Crippen molar-refractivity contribution in [3.8, 4) is 0 Å². The number of carbonyl (C=O) groups is 1. The Labute approximate surface area is 136 Å². The molecule has 1 saturated heterocycles. The van der Waals surface area contributed by atoms with Gasteiger partial charge < -0.3 is 9.51 Å². The van der Waals surface area contributed by atoms with Crippen molar-refractivity contribution in [1.82, 2.24) is 14.3 Å². The smallest absolute Gasteiger partial charge is 0.309 e. The second-order valence-electron chi connectivity index (χ2n) is 7.10.